The van der Waals surface area contributed by atoms with Crippen molar-refractivity contribution in [2.45, 2.75) is 6.92 Å². The lowest BCUT2D eigenvalue weighted by Gasteiger charge is -2.01. The number of ether oxygens (including phenoxy) is 1. The zero-order chi connectivity index (χ0) is 15.6. The number of nitro groups is 1. The first-order valence-corrected chi connectivity index (χ1v) is 6.12. The van der Waals surface area contributed by atoms with Crippen molar-refractivity contribution >= 4 is 28.7 Å². The van der Waals surface area contributed by atoms with E-state index in [-0.39, 0.29) is 22.6 Å². The summed E-state index contributed by atoms with van der Waals surface area (Å²) in [4.78, 5) is 23.4. The molecule has 7 nitrogen and oxygen atoms in total. The highest BCUT2D eigenvalue weighted by molar-refractivity contribution is 5.92. The molecule has 0 saturated carbocycles. The van der Waals surface area contributed by atoms with Gasteiger partial charge in [0, 0.05) is 33.3 Å². The van der Waals surface area contributed by atoms with Crippen molar-refractivity contribution < 1.29 is 18.9 Å². The lowest BCUT2D eigenvalue weighted by molar-refractivity contribution is -0.383. The van der Waals surface area contributed by atoms with Gasteiger partial charge in [0.05, 0.1) is 4.92 Å². The fraction of sp³-hybridized carbons (Fsp3) is 0.214. The van der Waals surface area contributed by atoms with Crippen LogP contribution >= 0.6 is 0 Å². The van der Waals surface area contributed by atoms with E-state index < -0.39 is 10.9 Å². The number of fused-ring (bicyclic) bond motifs is 1. The van der Waals surface area contributed by atoms with Crippen molar-refractivity contribution in [1.29, 1.82) is 0 Å². The Morgan fingerprint density at radius 3 is 2.71 bits per heavy atom. The highest BCUT2D eigenvalue weighted by Crippen LogP contribution is 2.35. The van der Waals surface area contributed by atoms with Gasteiger partial charge in [-0.3, -0.25) is 14.9 Å². The summed E-state index contributed by atoms with van der Waals surface area (Å²) in [6.07, 6.45) is 3.17. The average Bonchev–Trinajstić information content (AvgIpc) is 2.73. The number of hydrogen-bond acceptors (Lipinski definition) is 6. The van der Waals surface area contributed by atoms with Gasteiger partial charge in [-0.05, 0) is 18.2 Å². The molecule has 2 aromatic rings. The molecule has 0 spiro atoms. The zero-order valence-corrected chi connectivity index (χ0v) is 11.8. The third kappa shape index (κ3) is 3.19. The van der Waals surface area contributed by atoms with Crippen LogP contribution in [-0.4, -0.2) is 29.9 Å². The summed E-state index contributed by atoms with van der Waals surface area (Å²) in [7, 11) is 3.59. The maximum Gasteiger partial charge on any atom is 0.322 e. The van der Waals surface area contributed by atoms with Crippen molar-refractivity contribution in [2.24, 2.45) is 0 Å². The first-order chi connectivity index (χ1) is 9.88. The van der Waals surface area contributed by atoms with E-state index in [9.17, 15) is 14.9 Å². The third-order valence-electron chi connectivity index (χ3n) is 2.63. The molecular formula is C14H14N2O5. The number of nitrogens with zero attached hydrogens (tertiary/aromatic N) is 2. The highest BCUT2D eigenvalue weighted by atomic mass is 16.6. The van der Waals surface area contributed by atoms with Crippen LogP contribution in [0.5, 0.6) is 5.75 Å². The number of benzene rings is 1. The Hall–Kier alpha value is -2.83. The quantitative estimate of drug-likeness (QED) is 0.372. The molecule has 0 saturated heterocycles. The van der Waals surface area contributed by atoms with Crippen LogP contribution in [0.2, 0.25) is 0 Å². The molecule has 1 heterocycles. The Morgan fingerprint density at radius 1 is 1.43 bits per heavy atom. The predicted molar refractivity (Wildman–Crippen MR) is 76.9 cm³/mol. The molecule has 21 heavy (non-hydrogen) atoms. The summed E-state index contributed by atoms with van der Waals surface area (Å²) in [5, 5.41) is 11.6. The van der Waals surface area contributed by atoms with Gasteiger partial charge in [-0.25, -0.2) is 0 Å². The van der Waals surface area contributed by atoms with E-state index in [2.05, 4.69) is 0 Å². The molecule has 1 aromatic carbocycles. The third-order valence-corrected chi connectivity index (χ3v) is 2.63. The summed E-state index contributed by atoms with van der Waals surface area (Å²) >= 11 is 0. The number of rotatable bonds is 4. The van der Waals surface area contributed by atoms with Crippen molar-refractivity contribution in [3.05, 3.63) is 40.3 Å². The van der Waals surface area contributed by atoms with Gasteiger partial charge in [0.2, 0.25) is 5.76 Å². The van der Waals surface area contributed by atoms with E-state index in [0.717, 1.165) is 0 Å². The van der Waals surface area contributed by atoms with Crippen LogP contribution in [0.4, 0.5) is 5.69 Å². The maximum atomic E-state index is 11.3. The lowest BCUT2D eigenvalue weighted by atomic mass is 10.2. The lowest BCUT2D eigenvalue weighted by Crippen LogP contribution is -2.01. The van der Waals surface area contributed by atoms with E-state index >= 15 is 0 Å². The molecule has 0 fully saturated rings. The molecule has 0 aliphatic carbocycles. The molecule has 7 heteroatoms. The largest absolute Gasteiger partial charge is 0.449 e. The molecule has 0 amide bonds. The smallest absolute Gasteiger partial charge is 0.322 e. The van der Waals surface area contributed by atoms with Gasteiger partial charge in [0.25, 0.3) is 0 Å². The summed E-state index contributed by atoms with van der Waals surface area (Å²) in [5.41, 5.74) is 0.202. The number of carbonyl (C=O) groups is 1. The van der Waals surface area contributed by atoms with Crippen LogP contribution in [0.1, 0.15) is 12.7 Å². The standard InChI is InChI=1S/C14H14N2O5/c1-9(17)20-10-4-5-12-11(8-10)14(16(18)19)13(21-12)6-7-15(2)3/h4-8H,1-3H3/b7-6-. The zero-order valence-electron chi connectivity index (χ0n) is 11.8. The van der Waals surface area contributed by atoms with Gasteiger partial charge >= 0.3 is 11.7 Å². The summed E-state index contributed by atoms with van der Waals surface area (Å²) in [6, 6.07) is 4.48. The van der Waals surface area contributed by atoms with Crippen molar-refractivity contribution in [2.75, 3.05) is 14.1 Å². The topological polar surface area (TPSA) is 85.8 Å². The number of carbonyl (C=O) groups excluding carboxylic acids is 1. The summed E-state index contributed by atoms with van der Waals surface area (Å²) < 4.78 is 10.4. The maximum absolute atomic E-state index is 11.3. The van der Waals surface area contributed by atoms with Gasteiger partial charge in [-0.15, -0.1) is 0 Å². The number of furan rings is 1. The second-order valence-corrected chi connectivity index (χ2v) is 4.60. The normalized spacial score (nSPS) is 11.0. The Balaban J connectivity index is 2.58. The molecule has 1 aromatic heterocycles. The molecule has 0 N–H and O–H groups in total. The van der Waals surface area contributed by atoms with E-state index in [1.54, 1.807) is 25.2 Å². The molecule has 0 aliphatic rings. The minimum absolute atomic E-state index is 0.142. The van der Waals surface area contributed by atoms with Crippen LogP contribution in [0, 0.1) is 10.1 Å². The minimum Gasteiger partial charge on any atom is -0.449 e. The summed E-state index contributed by atoms with van der Waals surface area (Å²) in [6.45, 7) is 1.26. The second kappa shape index (κ2) is 5.66. The fourth-order valence-electron chi connectivity index (χ4n) is 1.83. The van der Waals surface area contributed by atoms with Gasteiger partial charge in [-0.1, -0.05) is 0 Å². The Kier molecular flexibility index (Phi) is 3.93. The Labute approximate surface area is 120 Å². The van der Waals surface area contributed by atoms with Crippen LogP contribution < -0.4 is 4.74 Å². The first-order valence-electron chi connectivity index (χ1n) is 6.12. The molecule has 110 valence electrons. The van der Waals surface area contributed by atoms with Crippen LogP contribution in [-0.2, 0) is 4.79 Å². The van der Waals surface area contributed by atoms with E-state index in [1.165, 1.54) is 31.2 Å². The van der Waals surface area contributed by atoms with Crippen LogP contribution in [0.15, 0.2) is 28.8 Å². The predicted octanol–water partition coefficient (Wildman–Crippen LogP) is 2.80. The molecule has 2 rings (SSSR count). The number of hydrogen-bond donors (Lipinski definition) is 0. The van der Waals surface area contributed by atoms with Gasteiger partial charge in [0.15, 0.2) is 0 Å². The molecule has 0 bridgehead atoms. The van der Waals surface area contributed by atoms with Gasteiger partial charge in [0.1, 0.15) is 16.7 Å². The Bertz CT molecular complexity index is 730. The monoisotopic (exact) mass is 290 g/mol. The molecule has 0 radical (unpaired) electrons. The van der Waals surface area contributed by atoms with E-state index in [1.807, 2.05) is 0 Å². The molecule has 0 aliphatic heterocycles. The van der Waals surface area contributed by atoms with Crippen molar-refractivity contribution in [1.82, 2.24) is 4.90 Å². The summed E-state index contributed by atoms with van der Waals surface area (Å²) in [5.74, 6) is -0.112. The average molecular weight is 290 g/mol. The van der Waals surface area contributed by atoms with Crippen LogP contribution in [0.3, 0.4) is 0 Å². The molecule has 0 atom stereocenters. The first kappa shape index (κ1) is 14.6. The Morgan fingerprint density at radius 2 is 2.14 bits per heavy atom. The van der Waals surface area contributed by atoms with E-state index in [4.69, 9.17) is 9.15 Å². The van der Waals surface area contributed by atoms with Crippen molar-refractivity contribution in [3.8, 4) is 5.75 Å². The second-order valence-electron chi connectivity index (χ2n) is 4.60. The number of esters is 1. The SMILES string of the molecule is CC(=O)Oc1ccc2oc(/C=C\N(C)C)c([N+](=O)[O-])c2c1. The van der Waals surface area contributed by atoms with Gasteiger partial charge < -0.3 is 14.1 Å². The minimum atomic E-state index is -0.515. The molecule has 0 unspecified atom stereocenters. The fourth-order valence-corrected chi connectivity index (χ4v) is 1.83. The highest BCUT2D eigenvalue weighted by Gasteiger charge is 2.23. The molecular weight excluding hydrogens is 276 g/mol. The van der Waals surface area contributed by atoms with Crippen LogP contribution in [0.25, 0.3) is 17.0 Å². The van der Waals surface area contributed by atoms with Crippen molar-refractivity contribution in [3.63, 3.8) is 0 Å². The van der Waals surface area contributed by atoms with Gasteiger partial charge in [-0.2, -0.15) is 0 Å². The van der Waals surface area contributed by atoms with E-state index in [0.29, 0.717) is 5.58 Å².